The molecule has 1 saturated heterocycles. The van der Waals surface area contributed by atoms with Crippen LogP contribution in [0.5, 0.6) is 0 Å². The number of rotatable bonds is 4. The maximum atomic E-state index is 12.2. The van der Waals surface area contributed by atoms with Crippen molar-refractivity contribution < 1.29 is 14.7 Å². The first-order chi connectivity index (χ1) is 8.69. The Bertz CT molecular complexity index is 333. The summed E-state index contributed by atoms with van der Waals surface area (Å²) >= 11 is 0. The Hall–Kier alpha value is -1.06. The first kappa shape index (κ1) is 16.0. The number of carbonyl (C=O) groups is 2. The van der Waals surface area contributed by atoms with E-state index in [1.165, 1.54) is 0 Å². The van der Waals surface area contributed by atoms with Crippen LogP contribution in [-0.2, 0) is 9.59 Å². The van der Waals surface area contributed by atoms with Crippen molar-refractivity contribution in [2.45, 2.75) is 53.4 Å². The third-order valence-corrected chi connectivity index (χ3v) is 3.61. The molecule has 0 aromatic rings. The van der Waals surface area contributed by atoms with Crippen LogP contribution in [0.1, 0.15) is 53.4 Å². The van der Waals surface area contributed by atoms with Crippen molar-refractivity contribution in [3.8, 4) is 0 Å². The van der Waals surface area contributed by atoms with Crippen LogP contribution >= 0.6 is 0 Å². The quantitative estimate of drug-likeness (QED) is 0.853. The SMILES string of the molecule is CC(CC(=O)N1CCCC(C(=O)O)C1)CC(C)(C)C. The molecule has 1 aliphatic heterocycles. The summed E-state index contributed by atoms with van der Waals surface area (Å²) in [7, 11) is 0. The van der Waals surface area contributed by atoms with Gasteiger partial charge in [-0.1, -0.05) is 27.7 Å². The lowest BCUT2D eigenvalue weighted by atomic mass is 9.84. The second kappa shape index (κ2) is 6.40. The van der Waals surface area contributed by atoms with Crippen molar-refractivity contribution in [2.75, 3.05) is 13.1 Å². The number of nitrogens with zero attached hydrogens (tertiary/aromatic N) is 1. The van der Waals surface area contributed by atoms with Crippen LogP contribution in [0.2, 0.25) is 0 Å². The molecule has 2 unspecified atom stereocenters. The summed E-state index contributed by atoms with van der Waals surface area (Å²) in [6.45, 7) is 9.73. The molecule has 110 valence electrons. The van der Waals surface area contributed by atoms with Crippen molar-refractivity contribution in [2.24, 2.45) is 17.3 Å². The maximum Gasteiger partial charge on any atom is 0.308 e. The first-order valence-electron chi connectivity index (χ1n) is 7.19. The molecular weight excluding hydrogens is 242 g/mol. The lowest BCUT2D eigenvalue weighted by Gasteiger charge is -2.32. The number of aliphatic carboxylic acids is 1. The number of hydrogen-bond donors (Lipinski definition) is 1. The van der Waals surface area contributed by atoms with Gasteiger partial charge in [-0.2, -0.15) is 0 Å². The molecule has 1 N–H and O–H groups in total. The molecule has 1 fully saturated rings. The Kier molecular flexibility index (Phi) is 5.39. The van der Waals surface area contributed by atoms with Crippen LogP contribution in [0, 0.1) is 17.3 Å². The van der Waals surface area contributed by atoms with E-state index < -0.39 is 5.97 Å². The number of carbonyl (C=O) groups excluding carboxylic acids is 1. The maximum absolute atomic E-state index is 12.2. The van der Waals surface area contributed by atoms with Gasteiger partial charge in [-0.3, -0.25) is 9.59 Å². The molecule has 2 atom stereocenters. The fourth-order valence-corrected chi connectivity index (χ4v) is 2.95. The molecule has 4 heteroatoms. The minimum atomic E-state index is -0.778. The van der Waals surface area contributed by atoms with Crippen molar-refractivity contribution in [3.63, 3.8) is 0 Å². The summed E-state index contributed by atoms with van der Waals surface area (Å²) in [6, 6.07) is 0. The smallest absolute Gasteiger partial charge is 0.308 e. The normalized spacial score (nSPS) is 22.1. The Morgan fingerprint density at radius 1 is 1.37 bits per heavy atom. The molecule has 1 amide bonds. The summed E-state index contributed by atoms with van der Waals surface area (Å²) in [5.41, 5.74) is 0.227. The van der Waals surface area contributed by atoms with Gasteiger partial charge in [0.1, 0.15) is 0 Å². The fourth-order valence-electron chi connectivity index (χ4n) is 2.95. The van der Waals surface area contributed by atoms with Gasteiger partial charge in [0.05, 0.1) is 5.92 Å². The highest BCUT2D eigenvalue weighted by Gasteiger charge is 2.29. The summed E-state index contributed by atoms with van der Waals surface area (Å²) in [5, 5.41) is 9.03. The third-order valence-electron chi connectivity index (χ3n) is 3.61. The Morgan fingerprint density at radius 2 is 2.00 bits per heavy atom. The molecule has 19 heavy (non-hydrogen) atoms. The highest BCUT2D eigenvalue weighted by atomic mass is 16.4. The number of piperidine rings is 1. The predicted molar refractivity (Wildman–Crippen MR) is 74.8 cm³/mol. The Labute approximate surface area is 116 Å². The molecule has 0 aromatic heterocycles. The Morgan fingerprint density at radius 3 is 2.53 bits per heavy atom. The zero-order chi connectivity index (χ0) is 14.6. The van der Waals surface area contributed by atoms with E-state index >= 15 is 0 Å². The van der Waals surface area contributed by atoms with Crippen LogP contribution in [-0.4, -0.2) is 35.0 Å². The average molecular weight is 269 g/mol. The van der Waals surface area contributed by atoms with Gasteiger partial charge in [0.25, 0.3) is 0 Å². The van der Waals surface area contributed by atoms with E-state index in [1.54, 1.807) is 4.90 Å². The standard InChI is InChI=1S/C15H27NO3/c1-11(9-15(2,3)4)8-13(17)16-7-5-6-12(10-16)14(18)19/h11-12H,5-10H2,1-4H3,(H,18,19). The van der Waals surface area contributed by atoms with E-state index in [0.29, 0.717) is 31.8 Å². The molecule has 4 nitrogen and oxygen atoms in total. The molecule has 0 radical (unpaired) electrons. The third kappa shape index (κ3) is 5.62. The Balaban J connectivity index is 2.47. The average Bonchev–Trinajstić information content (AvgIpc) is 2.26. The predicted octanol–water partition coefficient (Wildman–Crippen LogP) is 2.77. The van der Waals surface area contributed by atoms with Crippen LogP contribution in [0.3, 0.4) is 0 Å². The van der Waals surface area contributed by atoms with Crippen LogP contribution < -0.4 is 0 Å². The number of carboxylic acids is 1. The van der Waals surface area contributed by atoms with Crippen LogP contribution in [0.15, 0.2) is 0 Å². The minimum absolute atomic E-state index is 0.114. The molecule has 1 rings (SSSR count). The first-order valence-corrected chi connectivity index (χ1v) is 7.19. The highest BCUT2D eigenvalue weighted by Crippen LogP contribution is 2.27. The summed E-state index contributed by atoms with van der Waals surface area (Å²) in [4.78, 5) is 24.9. The monoisotopic (exact) mass is 269 g/mol. The zero-order valence-corrected chi connectivity index (χ0v) is 12.6. The van der Waals surface area contributed by atoms with E-state index in [0.717, 1.165) is 12.8 Å². The summed E-state index contributed by atoms with van der Waals surface area (Å²) in [5.74, 6) is -0.698. The number of amides is 1. The number of hydrogen-bond acceptors (Lipinski definition) is 2. The second-order valence-electron chi connectivity index (χ2n) is 7.09. The lowest BCUT2D eigenvalue weighted by molar-refractivity contribution is -0.145. The fraction of sp³-hybridized carbons (Fsp3) is 0.867. The van der Waals surface area contributed by atoms with E-state index in [1.807, 2.05) is 0 Å². The number of likely N-dealkylation sites (tertiary alicyclic amines) is 1. The molecule has 0 aliphatic carbocycles. The molecule has 1 aliphatic rings. The van der Waals surface area contributed by atoms with Crippen molar-refractivity contribution in [3.05, 3.63) is 0 Å². The van der Waals surface area contributed by atoms with Crippen molar-refractivity contribution >= 4 is 11.9 Å². The van der Waals surface area contributed by atoms with Gasteiger partial charge in [-0.25, -0.2) is 0 Å². The minimum Gasteiger partial charge on any atom is -0.481 e. The molecule has 0 spiro atoms. The van der Waals surface area contributed by atoms with Gasteiger partial charge in [0, 0.05) is 19.5 Å². The molecular formula is C15H27NO3. The molecule has 0 aromatic carbocycles. The van der Waals surface area contributed by atoms with E-state index in [-0.39, 0.29) is 17.2 Å². The van der Waals surface area contributed by atoms with Gasteiger partial charge in [-0.15, -0.1) is 0 Å². The van der Waals surface area contributed by atoms with E-state index in [4.69, 9.17) is 5.11 Å². The van der Waals surface area contributed by atoms with Crippen molar-refractivity contribution in [1.82, 2.24) is 4.90 Å². The van der Waals surface area contributed by atoms with Crippen molar-refractivity contribution in [1.29, 1.82) is 0 Å². The molecule has 0 bridgehead atoms. The molecule has 0 saturated carbocycles. The van der Waals surface area contributed by atoms with Gasteiger partial charge < -0.3 is 10.0 Å². The topological polar surface area (TPSA) is 57.6 Å². The zero-order valence-electron chi connectivity index (χ0n) is 12.6. The van der Waals surface area contributed by atoms with E-state index in [9.17, 15) is 9.59 Å². The van der Waals surface area contributed by atoms with Gasteiger partial charge in [0.2, 0.25) is 5.91 Å². The van der Waals surface area contributed by atoms with Crippen LogP contribution in [0.4, 0.5) is 0 Å². The van der Waals surface area contributed by atoms with Crippen LogP contribution in [0.25, 0.3) is 0 Å². The number of carboxylic acid groups (broad SMARTS) is 1. The van der Waals surface area contributed by atoms with Gasteiger partial charge >= 0.3 is 5.97 Å². The molecule has 1 heterocycles. The van der Waals surface area contributed by atoms with Gasteiger partial charge in [0.15, 0.2) is 0 Å². The van der Waals surface area contributed by atoms with E-state index in [2.05, 4.69) is 27.7 Å². The van der Waals surface area contributed by atoms with Gasteiger partial charge in [-0.05, 0) is 30.6 Å². The highest BCUT2D eigenvalue weighted by molar-refractivity contribution is 5.78. The largest absolute Gasteiger partial charge is 0.481 e. The second-order valence-corrected chi connectivity index (χ2v) is 7.09. The summed E-state index contributed by atoms with van der Waals surface area (Å²) in [6.07, 6.45) is 3.03. The lowest BCUT2D eigenvalue weighted by Crippen LogP contribution is -2.42. The summed E-state index contributed by atoms with van der Waals surface area (Å²) < 4.78 is 0.